The van der Waals surface area contributed by atoms with Crippen LogP contribution in [-0.2, 0) is 9.53 Å². The maximum absolute atomic E-state index is 12.4. The van der Waals surface area contributed by atoms with Crippen LogP contribution < -0.4 is 10.6 Å². The van der Waals surface area contributed by atoms with E-state index in [-0.39, 0.29) is 11.9 Å². The van der Waals surface area contributed by atoms with Crippen molar-refractivity contribution in [2.45, 2.75) is 32.9 Å². The molecule has 1 aromatic carbocycles. The number of benzene rings is 1. The monoisotopic (exact) mass is 314 g/mol. The van der Waals surface area contributed by atoms with Crippen molar-refractivity contribution in [3.63, 3.8) is 0 Å². The molecule has 2 N–H and O–H groups in total. The van der Waals surface area contributed by atoms with Crippen LogP contribution in [0.3, 0.4) is 0 Å². The molecular weight excluding hydrogens is 292 g/mol. The number of hydrogen-bond donors (Lipinski definition) is 2. The van der Waals surface area contributed by atoms with Gasteiger partial charge in [0.15, 0.2) is 0 Å². The minimum absolute atomic E-state index is 0.109. The molecule has 1 aliphatic rings. The van der Waals surface area contributed by atoms with Gasteiger partial charge in [0.1, 0.15) is 11.9 Å². The highest BCUT2D eigenvalue weighted by Crippen LogP contribution is 2.24. The number of aromatic nitrogens is 2. The molecule has 0 bridgehead atoms. The van der Waals surface area contributed by atoms with Crippen molar-refractivity contribution in [3.05, 3.63) is 35.3 Å². The van der Waals surface area contributed by atoms with Gasteiger partial charge in [0.2, 0.25) is 0 Å². The molecule has 1 amide bonds. The van der Waals surface area contributed by atoms with Crippen molar-refractivity contribution in [1.29, 1.82) is 0 Å². The van der Waals surface area contributed by atoms with Gasteiger partial charge in [-0.25, -0.2) is 9.97 Å². The highest BCUT2D eigenvalue weighted by molar-refractivity contribution is 5.86. The molecule has 0 spiro atoms. The van der Waals surface area contributed by atoms with Crippen LogP contribution in [0.1, 0.15) is 30.0 Å². The summed E-state index contributed by atoms with van der Waals surface area (Å²) in [7, 11) is 0. The molecule has 122 valence electrons. The fourth-order valence-corrected chi connectivity index (χ4v) is 2.87. The number of hydrogen-bond acceptors (Lipinski definition) is 5. The first-order chi connectivity index (χ1) is 11.1. The number of ether oxygens (including phenoxy) is 1. The van der Waals surface area contributed by atoms with Crippen LogP contribution in [0.15, 0.2) is 18.2 Å². The van der Waals surface area contributed by atoms with E-state index in [0.29, 0.717) is 19.0 Å². The number of para-hydroxylation sites is 1. The van der Waals surface area contributed by atoms with Gasteiger partial charge in [0.05, 0.1) is 23.9 Å². The second-order valence-corrected chi connectivity index (χ2v) is 5.92. The largest absolute Gasteiger partial charge is 0.366 e. The van der Waals surface area contributed by atoms with Gasteiger partial charge in [-0.1, -0.05) is 18.2 Å². The number of morpholine rings is 1. The number of nitrogens with one attached hydrogen (secondary N) is 2. The maximum atomic E-state index is 12.4. The number of fused-ring (bicyclic) bond motifs is 1. The van der Waals surface area contributed by atoms with Gasteiger partial charge >= 0.3 is 0 Å². The topological polar surface area (TPSA) is 76.1 Å². The van der Waals surface area contributed by atoms with E-state index in [9.17, 15) is 4.79 Å². The molecule has 0 aliphatic carbocycles. The molecule has 3 rings (SSSR count). The highest BCUT2D eigenvalue weighted by Gasteiger charge is 2.24. The van der Waals surface area contributed by atoms with Gasteiger partial charge in [0.25, 0.3) is 5.91 Å². The fraction of sp³-hybridized carbons (Fsp3) is 0.471. The molecule has 2 aromatic rings. The number of nitrogens with zero attached hydrogens (tertiary/aromatic N) is 2. The summed E-state index contributed by atoms with van der Waals surface area (Å²) in [5, 5.41) is 7.15. The Labute approximate surface area is 135 Å². The molecule has 2 heterocycles. The van der Waals surface area contributed by atoms with Crippen molar-refractivity contribution in [2.75, 3.05) is 19.7 Å². The molecular formula is C17H22N4O2. The van der Waals surface area contributed by atoms with Crippen molar-refractivity contribution in [2.24, 2.45) is 0 Å². The van der Waals surface area contributed by atoms with Gasteiger partial charge in [0, 0.05) is 18.5 Å². The molecule has 0 saturated carbocycles. The third-order valence-corrected chi connectivity index (χ3v) is 4.06. The summed E-state index contributed by atoms with van der Waals surface area (Å²) < 4.78 is 5.50. The Hall–Kier alpha value is -2.05. The van der Waals surface area contributed by atoms with E-state index in [0.717, 1.165) is 28.7 Å². The number of carbonyl (C=O) groups excluding carboxylic acids is 1. The van der Waals surface area contributed by atoms with Gasteiger partial charge in [-0.15, -0.1) is 0 Å². The Morgan fingerprint density at radius 1 is 1.39 bits per heavy atom. The molecule has 1 aliphatic heterocycles. The Balaban J connectivity index is 1.87. The van der Waals surface area contributed by atoms with Crippen LogP contribution in [0.25, 0.3) is 10.9 Å². The first kappa shape index (κ1) is 15.8. The number of carbonyl (C=O) groups is 1. The summed E-state index contributed by atoms with van der Waals surface area (Å²) in [6.45, 7) is 7.73. The molecule has 1 fully saturated rings. The second-order valence-electron chi connectivity index (χ2n) is 5.92. The average Bonchev–Trinajstić information content (AvgIpc) is 2.56. The van der Waals surface area contributed by atoms with Crippen LogP contribution in [0.5, 0.6) is 0 Å². The first-order valence-electron chi connectivity index (χ1n) is 7.93. The minimum Gasteiger partial charge on any atom is -0.366 e. The molecule has 6 heteroatoms. The zero-order valence-electron chi connectivity index (χ0n) is 13.7. The lowest BCUT2D eigenvalue weighted by Crippen LogP contribution is -2.48. The van der Waals surface area contributed by atoms with E-state index < -0.39 is 6.10 Å². The van der Waals surface area contributed by atoms with Crippen LogP contribution in [0.4, 0.5) is 0 Å². The summed E-state index contributed by atoms with van der Waals surface area (Å²) in [5.74, 6) is 0.597. The first-order valence-corrected chi connectivity index (χ1v) is 7.93. The zero-order chi connectivity index (χ0) is 16.4. The molecule has 1 aromatic heterocycles. The van der Waals surface area contributed by atoms with Crippen LogP contribution in [-0.4, -0.2) is 41.7 Å². The van der Waals surface area contributed by atoms with Crippen LogP contribution >= 0.6 is 0 Å². The second kappa shape index (κ2) is 6.60. The lowest BCUT2D eigenvalue weighted by molar-refractivity contribution is -0.134. The lowest BCUT2D eigenvalue weighted by atomic mass is 10.1. The molecule has 6 nitrogen and oxygen atoms in total. The van der Waals surface area contributed by atoms with Crippen molar-refractivity contribution in [3.8, 4) is 0 Å². The standard InChI is InChI=1S/C17H22N4O2/c1-10-5-4-6-13-15(10)20-12(3)21-16(13)11(2)19-17(22)14-9-18-7-8-23-14/h4-6,11,14,18H,7-9H2,1-3H3,(H,19,22)/t11?,14-/m0/s1. The predicted octanol–water partition coefficient (Wildman–Crippen LogP) is 1.41. The van der Waals surface area contributed by atoms with Crippen molar-refractivity contribution in [1.82, 2.24) is 20.6 Å². The van der Waals surface area contributed by atoms with E-state index in [2.05, 4.69) is 20.6 Å². The number of aryl methyl sites for hydroxylation is 2. The summed E-state index contributed by atoms with van der Waals surface area (Å²) in [4.78, 5) is 21.4. The fourth-order valence-electron chi connectivity index (χ4n) is 2.87. The van der Waals surface area contributed by atoms with Crippen LogP contribution in [0.2, 0.25) is 0 Å². The van der Waals surface area contributed by atoms with Gasteiger partial charge in [-0.2, -0.15) is 0 Å². The Kier molecular flexibility index (Phi) is 4.54. The SMILES string of the molecule is Cc1nc(C(C)NC(=O)[C@@H]2CNCCO2)c2cccc(C)c2n1. The van der Waals surface area contributed by atoms with Gasteiger partial charge < -0.3 is 15.4 Å². The van der Waals surface area contributed by atoms with Gasteiger partial charge in [-0.3, -0.25) is 4.79 Å². The van der Waals surface area contributed by atoms with Crippen LogP contribution in [0, 0.1) is 13.8 Å². The molecule has 0 radical (unpaired) electrons. The summed E-state index contributed by atoms with van der Waals surface area (Å²) in [6.07, 6.45) is -0.442. The summed E-state index contributed by atoms with van der Waals surface area (Å²) in [6, 6.07) is 5.81. The van der Waals surface area contributed by atoms with E-state index >= 15 is 0 Å². The summed E-state index contributed by atoms with van der Waals surface area (Å²) >= 11 is 0. The van der Waals surface area contributed by atoms with E-state index in [1.165, 1.54) is 0 Å². The zero-order valence-corrected chi connectivity index (χ0v) is 13.7. The third kappa shape index (κ3) is 3.33. The normalized spacial score (nSPS) is 19.5. The third-order valence-electron chi connectivity index (χ3n) is 4.06. The molecule has 2 atom stereocenters. The maximum Gasteiger partial charge on any atom is 0.250 e. The quantitative estimate of drug-likeness (QED) is 0.896. The van der Waals surface area contributed by atoms with Crippen molar-refractivity contribution >= 4 is 16.8 Å². The predicted molar refractivity (Wildman–Crippen MR) is 88.2 cm³/mol. The van der Waals surface area contributed by atoms with E-state index in [1.54, 1.807) is 0 Å². The molecule has 1 unspecified atom stereocenters. The number of rotatable bonds is 3. The number of amides is 1. The average molecular weight is 314 g/mol. The van der Waals surface area contributed by atoms with E-state index in [1.807, 2.05) is 39.0 Å². The molecule has 1 saturated heterocycles. The summed E-state index contributed by atoms with van der Waals surface area (Å²) in [5.41, 5.74) is 2.88. The highest BCUT2D eigenvalue weighted by atomic mass is 16.5. The Morgan fingerprint density at radius 2 is 2.22 bits per heavy atom. The van der Waals surface area contributed by atoms with E-state index in [4.69, 9.17) is 4.74 Å². The lowest BCUT2D eigenvalue weighted by Gasteiger charge is -2.25. The smallest absolute Gasteiger partial charge is 0.250 e. The minimum atomic E-state index is -0.442. The van der Waals surface area contributed by atoms with Gasteiger partial charge in [-0.05, 0) is 26.3 Å². The van der Waals surface area contributed by atoms with Crippen molar-refractivity contribution < 1.29 is 9.53 Å². The Bertz CT molecular complexity index is 726. The molecule has 23 heavy (non-hydrogen) atoms. The Morgan fingerprint density at radius 3 is 2.96 bits per heavy atom.